The summed E-state index contributed by atoms with van der Waals surface area (Å²) in [7, 11) is -10.1. The summed E-state index contributed by atoms with van der Waals surface area (Å²) in [5, 5.41) is 32.0. The van der Waals surface area contributed by atoms with E-state index < -0.39 is 59.1 Å². The maximum Gasteiger partial charge on any atom is 0.369 e. The average molecular weight is 1720 g/mol. The number of carboxylic acids is 1. The number of fused-ring (bicyclic) bond motifs is 6. The van der Waals surface area contributed by atoms with Gasteiger partial charge in [0.1, 0.15) is 11.5 Å². The van der Waals surface area contributed by atoms with Crippen molar-refractivity contribution in [2.75, 3.05) is 28.4 Å². The second kappa shape index (κ2) is 36.6. The van der Waals surface area contributed by atoms with E-state index >= 15 is 0 Å². The maximum absolute atomic E-state index is 13.1. The lowest BCUT2D eigenvalue weighted by Crippen LogP contribution is -2.23. The predicted molar refractivity (Wildman–Crippen MR) is 413 cm³/mol. The Balaban J connectivity index is 0.000000211. The van der Waals surface area contributed by atoms with E-state index in [0.717, 1.165) is 42.5 Å². The molecule has 0 bridgehead atoms. The molecule has 532 valence electrons. The summed E-state index contributed by atoms with van der Waals surface area (Å²) in [6, 6.07) is 60.0. The molecular formula is C72H61BBr3Cl2N5O15S5. The third-order valence-electron chi connectivity index (χ3n) is 14.7. The number of carbonyl (C=O) groups is 6. The molecule has 0 unspecified atom stereocenters. The number of halogens is 5. The van der Waals surface area contributed by atoms with Crippen LogP contribution in [-0.2, 0) is 42.6 Å². The van der Waals surface area contributed by atoms with Gasteiger partial charge >= 0.3 is 9.15 Å². The standard InChI is InChI=1S/C28H22N2O5S2.C27H20N2O5S2.C14H9NO5S.CH2Cl2.2CH4.BBr3/c1-35-20-10-12-21(13-11-20)36-22-6-4-5-18(15-22)17-29-27(31)19-9-14-26-24(16-19)30-28(32)23-7-2-3-8-25(23)37(26,33)34;30-19-9-11-20(12-10-19)35-21-5-3-4-17(14-21)16-28-26(31)18-8-13-25-23(15-18)29-27(32)22-6-1-2-7-24(22)36(25,33)34;16-13-9-3-1-2-4-11(9)21(19,20)12-6-5-8(14(17)18)7-10(12)15-13;2-1-3;;;2-1(3)4/h2-16H,17H2,1H3,(H,29,31)(H,30,32);1-15,30H,16H2,(H,28,31)(H,29,32);1-7H,(H,15,16)(H,17,18);1H2;2*1H4;. The fourth-order valence-corrected chi connectivity index (χ4v) is 16.6. The molecule has 20 nitrogen and oxygen atoms in total. The number of phenols is 1. The SMILES string of the molecule is BrB(Br)Br.C.C.COc1ccc(Sc2cccc(CNC(=O)c3ccc4c(c3)NC(=O)c3ccccc3S4(=O)=O)c2)cc1.ClCCl.O=C(NCc1cccc(Sc2ccc(O)cc2)c1)c1ccc2c(c1)NC(=O)c1ccccc1S2(=O)=O.O=C(O)c1ccc2c(c1)NC(=O)c1ccccc1S2(=O)=O. The summed E-state index contributed by atoms with van der Waals surface area (Å²) in [6.07, 6.45) is 0. The predicted octanol–water partition coefficient (Wildman–Crippen LogP) is 16.7. The van der Waals surface area contributed by atoms with E-state index in [9.17, 15) is 59.1 Å². The summed E-state index contributed by atoms with van der Waals surface area (Å²) in [5.74, 6) is -2.67. The molecule has 0 saturated carbocycles. The van der Waals surface area contributed by atoms with E-state index in [-0.39, 0.29) is 128 Å². The highest BCUT2D eigenvalue weighted by Crippen LogP contribution is 2.38. The van der Waals surface area contributed by atoms with Crippen LogP contribution in [0.1, 0.15) is 88.1 Å². The first-order valence-electron chi connectivity index (χ1n) is 29.4. The van der Waals surface area contributed by atoms with Gasteiger partial charge in [0.05, 0.1) is 81.1 Å². The Kier molecular flexibility index (Phi) is 29.0. The number of hydrogen-bond acceptors (Lipinski definition) is 16. The molecule has 0 radical (unpaired) electrons. The fourth-order valence-electron chi connectivity index (χ4n) is 10.0. The van der Waals surface area contributed by atoms with E-state index in [1.165, 1.54) is 103 Å². The van der Waals surface area contributed by atoms with Gasteiger partial charge < -0.3 is 41.5 Å². The summed E-state index contributed by atoms with van der Waals surface area (Å²) >= 11 is 22.0. The van der Waals surface area contributed by atoms with Crippen molar-refractivity contribution in [2.24, 2.45) is 0 Å². The van der Waals surface area contributed by atoms with Crippen LogP contribution in [0.15, 0.2) is 273 Å². The van der Waals surface area contributed by atoms with Crippen LogP contribution in [0, 0.1) is 0 Å². The zero-order valence-electron chi connectivity index (χ0n) is 52.2. The minimum absolute atomic E-state index is 0. The van der Waals surface area contributed by atoms with Crippen LogP contribution in [0.5, 0.6) is 11.5 Å². The van der Waals surface area contributed by atoms with Crippen molar-refractivity contribution in [1.29, 1.82) is 0 Å². The average Bonchev–Trinajstić information content (AvgIpc) is 1.67. The summed E-state index contributed by atoms with van der Waals surface area (Å²) < 4.78 is 83.2. The highest BCUT2D eigenvalue weighted by Gasteiger charge is 2.34. The zero-order valence-corrected chi connectivity index (χ0v) is 62.5. The number of rotatable bonds is 12. The van der Waals surface area contributed by atoms with Crippen molar-refractivity contribution < 1.29 is 69.0 Å². The molecule has 0 atom stereocenters. The monoisotopic (exact) mass is 1710 g/mol. The lowest BCUT2D eigenvalue weighted by molar-refractivity contribution is 0.0695. The summed E-state index contributed by atoms with van der Waals surface area (Å²) in [6.45, 7) is 0.541. The van der Waals surface area contributed by atoms with Gasteiger partial charge in [-0.1, -0.05) is 99.0 Å². The van der Waals surface area contributed by atoms with Crippen molar-refractivity contribution in [3.8, 4) is 11.5 Å². The first-order valence-corrected chi connectivity index (χ1v) is 39.3. The number of carboxylic acid groups (broad SMARTS) is 1. The number of nitrogens with one attached hydrogen (secondary N) is 5. The second-order valence-electron chi connectivity index (χ2n) is 21.2. The van der Waals surface area contributed by atoms with E-state index in [2.05, 4.69) is 73.9 Å². The lowest BCUT2D eigenvalue weighted by atomic mass is 10.1. The molecule has 5 amide bonds. The molecule has 3 aliphatic heterocycles. The van der Waals surface area contributed by atoms with Gasteiger partial charge in [0.2, 0.25) is 29.5 Å². The number of amides is 5. The van der Waals surface area contributed by atoms with Crippen molar-refractivity contribution in [3.05, 3.63) is 269 Å². The third kappa shape index (κ3) is 20.4. The van der Waals surface area contributed by atoms with Crippen LogP contribution < -0.4 is 31.3 Å². The number of hydrogen-bond donors (Lipinski definition) is 7. The molecular weight excluding hydrogens is 1660 g/mol. The zero-order chi connectivity index (χ0) is 72.8. The number of aromatic carboxylic acids is 1. The van der Waals surface area contributed by atoms with E-state index in [1.807, 2.05) is 84.9 Å². The van der Waals surface area contributed by atoms with Crippen molar-refractivity contribution in [2.45, 2.75) is 76.9 Å². The van der Waals surface area contributed by atoms with Crippen LogP contribution in [0.4, 0.5) is 17.1 Å². The van der Waals surface area contributed by atoms with Crippen molar-refractivity contribution in [3.63, 3.8) is 0 Å². The number of alkyl halides is 2. The van der Waals surface area contributed by atoms with Crippen molar-refractivity contribution in [1.82, 2.24) is 10.6 Å². The van der Waals surface area contributed by atoms with Gasteiger partial charge in [-0.2, -0.15) is 0 Å². The quantitative estimate of drug-likeness (QED) is 0.0441. The number of sulfone groups is 3. The van der Waals surface area contributed by atoms with Crippen LogP contribution >= 0.6 is 94.0 Å². The molecule has 0 aliphatic carbocycles. The van der Waals surface area contributed by atoms with Gasteiger partial charge in [-0.15, -0.1) is 70.5 Å². The van der Waals surface area contributed by atoms with E-state index in [0.29, 0.717) is 0 Å². The Bertz CT molecular complexity index is 5200. The van der Waals surface area contributed by atoms with Gasteiger partial charge in [0.25, 0.3) is 29.5 Å². The maximum atomic E-state index is 13.1. The van der Waals surface area contributed by atoms with Crippen molar-refractivity contribution >= 4 is 179 Å². The third-order valence-corrected chi connectivity index (χ3v) is 22.3. The molecule has 0 spiro atoms. The van der Waals surface area contributed by atoms with Crippen LogP contribution in [0.25, 0.3) is 0 Å². The van der Waals surface area contributed by atoms with Crippen LogP contribution in [-0.4, -0.2) is 86.6 Å². The molecule has 0 saturated heterocycles. The topological polar surface area (TPSA) is 315 Å². The molecule has 10 aromatic carbocycles. The van der Waals surface area contributed by atoms with E-state index in [4.69, 9.17) is 33.0 Å². The molecule has 13 rings (SSSR count). The van der Waals surface area contributed by atoms with E-state index in [1.54, 1.807) is 61.3 Å². The molecule has 7 N–H and O–H groups in total. The molecule has 0 fully saturated rings. The van der Waals surface area contributed by atoms with Crippen LogP contribution in [0.2, 0.25) is 0 Å². The Labute approximate surface area is 638 Å². The number of ether oxygens (including phenoxy) is 1. The summed E-state index contributed by atoms with van der Waals surface area (Å²) in [4.78, 5) is 77.7. The number of carbonyl (C=O) groups excluding carboxylic acids is 5. The highest BCUT2D eigenvalue weighted by atomic mass is 79.9. The Morgan fingerprint density at radius 2 is 0.767 bits per heavy atom. The largest absolute Gasteiger partial charge is 0.508 e. The fraction of sp³-hybridized carbons (Fsp3) is 0.0833. The smallest absolute Gasteiger partial charge is 0.369 e. The van der Waals surface area contributed by atoms with Gasteiger partial charge in [-0.3, -0.25) is 24.0 Å². The Morgan fingerprint density at radius 1 is 0.447 bits per heavy atom. The number of anilines is 3. The molecule has 3 heterocycles. The summed E-state index contributed by atoms with van der Waals surface area (Å²) in [5.41, 5.74) is 2.43. The van der Waals surface area contributed by atoms with Gasteiger partial charge in [0, 0.05) is 43.8 Å². The molecule has 31 heteroatoms. The number of benzene rings is 10. The molecule has 3 aliphatic rings. The first-order chi connectivity index (χ1) is 48.2. The molecule has 10 aromatic rings. The normalized spacial score (nSPS) is 13.2. The second-order valence-corrected chi connectivity index (χ2v) is 36.4. The van der Waals surface area contributed by atoms with Crippen LogP contribution in [0.3, 0.4) is 0 Å². The Hall–Kier alpha value is -8.75. The number of phenolic OH excluding ortho intramolecular Hbond substituents is 1. The number of aromatic hydroxyl groups is 1. The van der Waals surface area contributed by atoms with Gasteiger partial charge in [-0.25, -0.2) is 30.0 Å². The molecule has 0 aromatic heterocycles. The first kappa shape index (κ1) is 81.6. The molecule has 103 heavy (non-hydrogen) atoms. The Morgan fingerprint density at radius 3 is 1.11 bits per heavy atom. The van der Waals surface area contributed by atoms with Gasteiger partial charge in [-0.05, 0) is 175 Å². The minimum atomic E-state index is -3.93. The number of methoxy groups -OCH3 is 1. The van der Waals surface area contributed by atoms with Gasteiger partial charge in [0.15, 0.2) is 0 Å². The lowest BCUT2D eigenvalue weighted by Gasteiger charge is -2.11. The highest BCUT2D eigenvalue weighted by molar-refractivity contribution is 9.69. The minimum Gasteiger partial charge on any atom is -0.508 e.